The van der Waals surface area contributed by atoms with Crippen LogP contribution in [0.3, 0.4) is 0 Å². The topological polar surface area (TPSA) is 64.2 Å². The van der Waals surface area contributed by atoms with Gasteiger partial charge in [-0.3, -0.25) is 9.48 Å². The maximum Gasteiger partial charge on any atom is 0.278 e. The minimum absolute atomic E-state index is 0.0587. The highest BCUT2D eigenvalue weighted by Gasteiger charge is 2.27. The van der Waals surface area contributed by atoms with Crippen molar-refractivity contribution in [1.29, 1.82) is 0 Å². The number of nitrogens with two attached hydrogens (primary N) is 1. The van der Waals surface area contributed by atoms with Crippen LogP contribution in [0.25, 0.3) is 0 Å². The van der Waals surface area contributed by atoms with Gasteiger partial charge in [0.2, 0.25) is 0 Å². The van der Waals surface area contributed by atoms with E-state index in [-0.39, 0.29) is 5.91 Å². The van der Waals surface area contributed by atoms with Gasteiger partial charge in [0.15, 0.2) is 0 Å². The fraction of sp³-hybridized carbons (Fsp3) is 0.375. The number of nitrogen functional groups attached to an aromatic ring is 1. The Morgan fingerprint density at radius 3 is 3.00 bits per heavy atom. The Morgan fingerprint density at radius 2 is 2.24 bits per heavy atom. The maximum atomic E-state index is 12.9. The van der Waals surface area contributed by atoms with Crippen molar-refractivity contribution in [2.75, 3.05) is 17.2 Å². The van der Waals surface area contributed by atoms with Crippen LogP contribution in [-0.2, 0) is 13.0 Å². The van der Waals surface area contributed by atoms with Crippen LogP contribution in [0.1, 0.15) is 35.0 Å². The predicted molar refractivity (Wildman–Crippen MR) is 83.5 cm³/mol. The third-order valence-corrected chi connectivity index (χ3v) is 3.97. The van der Waals surface area contributed by atoms with Gasteiger partial charge in [0, 0.05) is 18.8 Å². The van der Waals surface area contributed by atoms with Gasteiger partial charge in [-0.05, 0) is 38.3 Å². The van der Waals surface area contributed by atoms with Crippen LogP contribution in [0, 0.1) is 6.92 Å². The van der Waals surface area contributed by atoms with E-state index < -0.39 is 0 Å². The number of anilines is 2. The highest BCUT2D eigenvalue weighted by atomic mass is 16.2. The number of aryl methyl sites for hydroxylation is 3. The van der Waals surface area contributed by atoms with Crippen LogP contribution in [0.15, 0.2) is 24.4 Å². The minimum atomic E-state index is -0.0587. The lowest BCUT2D eigenvalue weighted by Gasteiger charge is -2.30. The molecular formula is C16H20N4O. The predicted octanol–water partition coefficient (Wildman–Crippen LogP) is 2.39. The fourth-order valence-electron chi connectivity index (χ4n) is 2.94. The molecule has 110 valence electrons. The molecule has 2 heterocycles. The van der Waals surface area contributed by atoms with Gasteiger partial charge < -0.3 is 10.6 Å². The van der Waals surface area contributed by atoms with Gasteiger partial charge >= 0.3 is 0 Å². The van der Waals surface area contributed by atoms with Gasteiger partial charge in [0.05, 0.1) is 11.9 Å². The third kappa shape index (κ3) is 2.28. The van der Waals surface area contributed by atoms with Gasteiger partial charge in [-0.2, -0.15) is 5.10 Å². The van der Waals surface area contributed by atoms with Crippen molar-refractivity contribution in [2.24, 2.45) is 0 Å². The number of aromatic nitrogens is 2. The van der Waals surface area contributed by atoms with Gasteiger partial charge in [-0.1, -0.05) is 17.7 Å². The lowest BCUT2D eigenvalue weighted by Crippen LogP contribution is -2.37. The number of nitrogens with zero attached hydrogens (tertiary/aromatic N) is 3. The number of rotatable bonds is 2. The van der Waals surface area contributed by atoms with Crippen LogP contribution in [0.5, 0.6) is 0 Å². The summed E-state index contributed by atoms with van der Waals surface area (Å²) >= 11 is 0. The summed E-state index contributed by atoms with van der Waals surface area (Å²) in [4.78, 5) is 14.7. The largest absolute Gasteiger partial charge is 0.396 e. The highest BCUT2D eigenvalue weighted by molar-refractivity contribution is 6.08. The molecule has 0 radical (unpaired) electrons. The number of carbonyl (C=O) groups is 1. The highest BCUT2D eigenvalue weighted by Crippen LogP contribution is 2.30. The molecule has 0 aliphatic carbocycles. The zero-order chi connectivity index (χ0) is 15.0. The zero-order valence-electron chi connectivity index (χ0n) is 12.5. The standard InChI is InChI=1S/C16H20N4O/c1-3-20-15(13(17)10-18-20)16(21)19-8-4-5-12-9-11(2)6-7-14(12)19/h6-7,9-10H,3-5,8,17H2,1-2H3. The van der Waals surface area contributed by atoms with Crippen molar-refractivity contribution in [3.63, 3.8) is 0 Å². The Labute approximate surface area is 124 Å². The summed E-state index contributed by atoms with van der Waals surface area (Å²) in [6.07, 6.45) is 3.54. The second kappa shape index (κ2) is 5.24. The molecule has 0 atom stereocenters. The number of benzene rings is 1. The number of amides is 1. The van der Waals surface area contributed by atoms with Crippen LogP contribution >= 0.6 is 0 Å². The van der Waals surface area contributed by atoms with E-state index in [9.17, 15) is 4.79 Å². The molecule has 3 rings (SSSR count). The number of hydrogen-bond acceptors (Lipinski definition) is 3. The van der Waals surface area contributed by atoms with Gasteiger partial charge in [0.1, 0.15) is 5.69 Å². The second-order valence-electron chi connectivity index (χ2n) is 5.46. The van der Waals surface area contributed by atoms with Gasteiger partial charge in [-0.15, -0.1) is 0 Å². The molecule has 2 aromatic rings. The lowest BCUT2D eigenvalue weighted by atomic mass is 9.99. The van der Waals surface area contributed by atoms with Crippen LogP contribution < -0.4 is 10.6 Å². The van der Waals surface area contributed by atoms with E-state index in [1.165, 1.54) is 11.1 Å². The molecule has 21 heavy (non-hydrogen) atoms. The summed E-state index contributed by atoms with van der Waals surface area (Å²) in [5, 5.41) is 4.16. The molecule has 0 saturated heterocycles. The molecule has 0 saturated carbocycles. The summed E-state index contributed by atoms with van der Waals surface area (Å²) in [6.45, 7) is 5.39. The van der Waals surface area contributed by atoms with E-state index in [1.807, 2.05) is 24.0 Å². The Hall–Kier alpha value is -2.30. The first-order valence-electron chi connectivity index (χ1n) is 7.34. The minimum Gasteiger partial charge on any atom is -0.396 e. The summed E-state index contributed by atoms with van der Waals surface area (Å²) < 4.78 is 1.67. The van der Waals surface area contributed by atoms with Crippen LogP contribution in [-0.4, -0.2) is 22.2 Å². The SMILES string of the molecule is CCn1ncc(N)c1C(=O)N1CCCc2cc(C)ccc21. The monoisotopic (exact) mass is 284 g/mol. The van der Waals surface area contributed by atoms with Crippen LogP contribution in [0.2, 0.25) is 0 Å². The van der Waals surface area contributed by atoms with Crippen molar-refractivity contribution in [3.8, 4) is 0 Å². The average molecular weight is 284 g/mol. The van der Waals surface area contributed by atoms with Crippen molar-refractivity contribution < 1.29 is 4.79 Å². The van der Waals surface area contributed by atoms with Crippen LogP contribution in [0.4, 0.5) is 11.4 Å². The summed E-state index contributed by atoms with van der Waals surface area (Å²) in [5.74, 6) is -0.0587. The molecule has 0 unspecified atom stereocenters. The number of hydrogen-bond donors (Lipinski definition) is 1. The van der Waals surface area contributed by atoms with E-state index in [2.05, 4.69) is 18.1 Å². The molecular weight excluding hydrogens is 264 g/mol. The van der Waals surface area contributed by atoms with Crippen molar-refractivity contribution in [2.45, 2.75) is 33.2 Å². The van der Waals surface area contributed by atoms with Gasteiger partial charge in [-0.25, -0.2) is 0 Å². The molecule has 1 aliphatic rings. The Balaban J connectivity index is 2.02. The fourth-order valence-corrected chi connectivity index (χ4v) is 2.94. The second-order valence-corrected chi connectivity index (χ2v) is 5.46. The number of fused-ring (bicyclic) bond motifs is 1. The summed E-state index contributed by atoms with van der Waals surface area (Å²) in [7, 11) is 0. The van der Waals surface area contributed by atoms with E-state index in [0.29, 0.717) is 17.9 Å². The first kappa shape index (κ1) is 13.7. The van der Waals surface area contributed by atoms with Gasteiger partial charge in [0.25, 0.3) is 5.91 Å². The van der Waals surface area contributed by atoms with E-state index in [0.717, 1.165) is 25.1 Å². The van der Waals surface area contributed by atoms with Crippen molar-refractivity contribution in [3.05, 3.63) is 41.2 Å². The van der Waals surface area contributed by atoms with Crippen molar-refractivity contribution in [1.82, 2.24) is 9.78 Å². The smallest absolute Gasteiger partial charge is 0.278 e. The molecule has 1 amide bonds. The van der Waals surface area contributed by atoms with E-state index in [4.69, 9.17) is 5.73 Å². The molecule has 5 heteroatoms. The van der Waals surface area contributed by atoms with E-state index >= 15 is 0 Å². The van der Waals surface area contributed by atoms with E-state index in [1.54, 1.807) is 10.9 Å². The zero-order valence-corrected chi connectivity index (χ0v) is 12.5. The lowest BCUT2D eigenvalue weighted by molar-refractivity contribution is 0.0975. The normalized spacial score (nSPS) is 14.1. The molecule has 5 nitrogen and oxygen atoms in total. The Morgan fingerprint density at radius 1 is 1.43 bits per heavy atom. The quantitative estimate of drug-likeness (QED) is 0.921. The molecule has 2 N–H and O–H groups in total. The Bertz CT molecular complexity index is 690. The molecule has 1 aromatic carbocycles. The molecule has 0 spiro atoms. The van der Waals surface area contributed by atoms with Crippen molar-refractivity contribution >= 4 is 17.3 Å². The third-order valence-electron chi connectivity index (χ3n) is 3.97. The number of carbonyl (C=O) groups excluding carboxylic acids is 1. The Kier molecular flexibility index (Phi) is 3.41. The maximum absolute atomic E-state index is 12.9. The molecule has 1 aliphatic heterocycles. The summed E-state index contributed by atoms with van der Waals surface area (Å²) in [5.41, 5.74) is 10.3. The molecule has 1 aromatic heterocycles. The summed E-state index contributed by atoms with van der Waals surface area (Å²) in [6, 6.07) is 6.24. The average Bonchev–Trinajstić information content (AvgIpc) is 2.86. The first-order chi connectivity index (χ1) is 10.1. The molecule has 0 fully saturated rings. The molecule has 0 bridgehead atoms. The first-order valence-corrected chi connectivity index (χ1v) is 7.34.